The lowest BCUT2D eigenvalue weighted by Crippen LogP contribution is -1.73. The minimum Gasteiger partial charge on any atom is -0.472 e. The van der Waals surface area contributed by atoms with Gasteiger partial charge in [0.05, 0.1) is 12.5 Å². The van der Waals surface area contributed by atoms with Crippen molar-refractivity contribution in [2.75, 3.05) is 0 Å². The highest BCUT2D eigenvalue weighted by molar-refractivity contribution is 5.84. The number of aromatic nitrogens is 1. The molecular weight excluding hydrogens is 174 g/mol. The van der Waals surface area contributed by atoms with Crippen LogP contribution in [0.5, 0.6) is 0 Å². The first kappa shape index (κ1) is 7.44. The minimum atomic E-state index is 1.11. The van der Waals surface area contributed by atoms with E-state index >= 15 is 0 Å². The van der Waals surface area contributed by atoms with Crippen molar-refractivity contribution in [3.05, 3.63) is 49.1 Å². The second-order valence-corrected chi connectivity index (χ2v) is 3.29. The monoisotopic (exact) mass is 183 g/mol. The number of hydrogen-bond acceptors (Lipinski definition) is 1. The third-order valence-corrected chi connectivity index (χ3v) is 2.41. The zero-order chi connectivity index (χ0) is 9.38. The first-order chi connectivity index (χ1) is 6.93. The average molecular weight is 183 g/mol. The van der Waals surface area contributed by atoms with Gasteiger partial charge in [-0.25, -0.2) is 0 Å². The van der Waals surface area contributed by atoms with E-state index in [-0.39, 0.29) is 0 Å². The number of rotatable bonds is 1. The molecule has 0 saturated heterocycles. The van der Waals surface area contributed by atoms with Crippen LogP contribution >= 0.6 is 0 Å². The summed E-state index contributed by atoms with van der Waals surface area (Å²) < 4.78 is 5.05. The number of H-pyrrole nitrogens is 1. The van der Waals surface area contributed by atoms with Crippen LogP contribution in [-0.4, -0.2) is 4.98 Å². The summed E-state index contributed by atoms with van der Waals surface area (Å²) in [7, 11) is 0. The number of hydrogen-bond donors (Lipinski definition) is 1. The van der Waals surface area contributed by atoms with Gasteiger partial charge in [0.2, 0.25) is 0 Å². The Morgan fingerprint density at radius 1 is 1.00 bits per heavy atom. The van der Waals surface area contributed by atoms with Gasteiger partial charge >= 0.3 is 0 Å². The largest absolute Gasteiger partial charge is 0.472 e. The van der Waals surface area contributed by atoms with Gasteiger partial charge in [0.25, 0.3) is 0 Å². The van der Waals surface area contributed by atoms with Crippen molar-refractivity contribution < 1.29 is 4.42 Å². The number of benzene rings is 1. The van der Waals surface area contributed by atoms with Crippen molar-refractivity contribution in [1.82, 2.24) is 4.98 Å². The fourth-order valence-electron chi connectivity index (χ4n) is 1.66. The number of nitrogens with one attached hydrogen (secondary N) is 1. The molecule has 2 nitrogen and oxygen atoms in total. The fourth-order valence-corrected chi connectivity index (χ4v) is 1.66. The molecule has 0 atom stereocenters. The van der Waals surface area contributed by atoms with Crippen LogP contribution < -0.4 is 0 Å². The summed E-state index contributed by atoms with van der Waals surface area (Å²) in [5, 5.41) is 1.23. The molecule has 2 heteroatoms. The molecule has 1 N–H and O–H groups in total. The molecule has 14 heavy (non-hydrogen) atoms. The van der Waals surface area contributed by atoms with Crippen molar-refractivity contribution in [1.29, 1.82) is 0 Å². The average Bonchev–Trinajstić information content (AvgIpc) is 2.88. The summed E-state index contributed by atoms with van der Waals surface area (Å²) in [6.07, 6.45) is 5.39. The molecule has 1 aromatic carbocycles. The standard InChI is InChI=1S/C12H9NO/c1-2-10(11-4-6-14-8-11)7-12-9(1)3-5-13-12/h1-8,13H. The predicted molar refractivity (Wildman–Crippen MR) is 56.0 cm³/mol. The molecule has 0 spiro atoms. The molecule has 3 aromatic rings. The van der Waals surface area contributed by atoms with Crippen LogP contribution in [0.2, 0.25) is 0 Å². The smallest absolute Gasteiger partial charge is 0.0980 e. The molecule has 2 heterocycles. The van der Waals surface area contributed by atoms with Crippen LogP contribution in [0.3, 0.4) is 0 Å². The quantitative estimate of drug-likeness (QED) is 0.615. The normalized spacial score (nSPS) is 10.9. The molecule has 0 saturated carbocycles. The van der Waals surface area contributed by atoms with Gasteiger partial charge in [0, 0.05) is 17.3 Å². The Kier molecular flexibility index (Phi) is 1.47. The van der Waals surface area contributed by atoms with E-state index in [4.69, 9.17) is 4.42 Å². The van der Waals surface area contributed by atoms with Gasteiger partial charge in [-0.15, -0.1) is 0 Å². The first-order valence-corrected chi connectivity index (χ1v) is 4.53. The van der Waals surface area contributed by atoms with E-state index in [9.17, 15) is 0 Å². The first-order valence-electron chi connectivity index (χ1n) is 4.53. The SMILES string of the molecule is c1cc2ccc(-c3ccoc3)cc2[nH]1. The van der Waals surface area contributed by atoms with Gasteiger partial charge in [-0.05, 0) is 29.1 Å². The van der Waals surface area contributed by atoms with Gasteiger partial charge in [0.15, 0.2) is 0 Å². The lowest BCUT2D eigenvalue weighted by molar-refractivity contribution is 0.568. The van der Waals surface area contributed by atoms with E-state index in [1.807, 2.05) is 12.3 Å². The van der Waals surface area contributed by atoms with Gasteiger partial charge in [-0.1, -0.05) is 12.1 Å². The maximum Gasteiger partial charge on any atom is 0.0980 e. The molecule has 0 aliphatic heterocycles. The number of furan rings is 1. The lowest BCUT2D eigenvalue weighted by Gasteiger charge is -1.96. The van der Waals surface area contributed by atoms with Crippen LogP contribution in [0.15, 0.2) is 53.5 Å². The van der Waals surface area contributed by atoms with E-state index in [1.54, 1.807) is 12.5 Å². The van der Waals surface area contributed by atoms with Crippen molar-refractivity contribution in [3.8, 4) is 11.1 Å². The minimum absolute atomic E-state index is 1.11. The Morgan fingerprint density at radius 2 is 2.00 bits per heavy atom. The van der Waals surface area contributed by atoms with E-state index < -0.39 is 0 Å². The van der Waals surface area contributed by atoms with Crippen molar-refractivity contribution in [3.63, 3.8) is 0 Å². The molecule has 3 rings (SSSR count). The number of aromatic amines is 1. The zero-order valence-corrected chi connectivity index (χ0v) is 7.53. The van der Waals surface area contributed by atoms with Crippen LogP contribution in [-0.2, 0) is 0 Å². The molecule has 0 bridgehead atoms. The molecule has 2 aromatic heterocycles. The van der Waals surface area contributed by atoms with Crippen LogP contribution in [0.1, 0.15) is 0 Å². The Hall–Kier alpha value is -1.96. The molecule has 68 valence electrons. The predicted octanol–water partition coefficient (Wildman–Crippen LogP) is 3.43. The molecule has 0 aliphatic rings. The summed E-state index contributed by atoms with van der Waals surface area (Å²) in [6, 6.07) is 10.4. The Balaban J connectivity index is 2.23. The third kappa shape index (κ3) is 1.04. The van der Waals surface area contributed by atoms with Gasteiger partial charge < -0.3 is 9.40 Å². The third-order valence-electron chi connectivity index (χ3n) is 2.41. The van der Waals surface area contributed by atoms with Gasteiger partial charge in [0.1, 0.15) is 0 Å². The van der Waals surface area contributed by atoms with Crippen LogP contribution in [0, 0.1) is 0 Å². The van der Waals surface area contributed by atoms with E-state index in [0.717, 1.165) is 11.1 Å². The Labute approximate surface area is 81.2 Å². The van der Waals surface area contributed by atoms with Gasteiger partial charge in [-0.3, -0.25) is 0 Å². The van der Waals surface area contributed by atoms with Crippen molar-refractivity contribution in [2.45, 2.75) is 0 Å². The summed E-state index contributed by atoms with van der Waals surface area (Å²) in [5.74, 6) is 0. The molecule has 0 fully saturated rings. The summed E-state index contributed by atoms with van der Waals surface area (Å²) in [5.41, 5.74) is 3.44. The van der Waals surface area contributed by atoms with Crippen molar-refractivity contribution in [2.24, 2.45) is 0 Å². The molecule has 0 unspecified atom stereocenters. The highest BCUT2D eigenvalue weighted by Crippen LogP contribution is 2.23. The second-order valence-electron chi connectivity index (χ2n) is 3.29. The maximum atomic E-state index is 5.05. The fraction of sp³-hybridized carbons (Fsp3) is 0. The summed E-state index contributed by atoms with van der Waals surface area (Å²) in [6.45, 7) is 0. The lowest BCUT2D eigenvalue weighted by atomic mass is 10.1. The number of fused-ring (bicyclic) bond motifs is 1. The summed E-state index contributed by atoms with van der Waals surface area (Å²) >= 11 is 0. The molecule has 0 amide bonds. The highest BCUT2D eigenvalue weighted by atomic mass is 16.3. The van der Waals surface area contributed by atoms with E-state index in [1.165, 1.54) is 10.9 Å². The Bertz CT molecular complexity index is 548. The summed E-state index contributed by atoms with van der Waals surface area (Å²) in [4.78, 5) is 3.19. The Morgan fingerprint density at radius 3 is 2.86 bits per heavy atom. The molecule has 0 aliphatic carbocycles. The van der Waals surface area contributed by atoms with Crippen LogP contribution in [0.25, 0.3) is 22.0 Å². The van der Waals surface area contributed by atoms with E-state index in [0.29, 0.717) is 0 Å². The van der Waals surface area contributed by atoms with E-state index in [2.05, 4.69) is 29.2 Å². The van der Waals surface area contributed by atoms with Crippen molar-refractivity contribution >= 4 is 10.9 Å². The van der Waals surface area contributed by atoms with Crippen LogP contribution in [0.4, 0.5) is 0 Å². The second kappa shape index (κ2) is 2.77. The van der Waals surface area contributed by atoms with Gasteiger partial charge in [-0.2, -0.15) is 0 Å². The topological polar surface area (TPSA) is 28.9 Å². The molecule has 0 radical (unpaired) electrons. The maximum absolute atomic E-state index is 5.05. The molecular formula is C12H9NO. The highest BCUT2D eigenvalue weighted by Gasteiger charge is 2.00. The zero-order valence-electron chi connectivity index (χ0n) is 7.53.